The van der Waals surface area contributed by atoms with Crippen molar-refractivity contribution in [2.24, 2.45) is 0 Å². The summed E-state index contributed by atoms with van der Waals surface area (Å²) in [5.74, 6) is 0.590. The number of hydrogen-bond acceptors (Lipinski definition) is 5. The van der Waals surface area contributed by atoms with Crippen molar-refractivity contribution >= 4 is 17.5 Å². The fourth-order valence-electron chi connectivity index (χ4n) is 4.12. The molecule has 1 saturated heterocycles. The van der Waals surface area contributed by atoms with Crippen LogP contribution in [-0.2, 0) is 17.8 Å². The average Bonchev–Trinajstić information content (AvgIpc) is 3.11. The highest BCUT2D eigenvalue weighted by atomic mass is 16.1. The zero-order valence-electron chi connectivity index (χ0n) is 16.1. The predicted molar refractivity (Wildman–Crippen MR) is 114 cm³/mol. The van der Waals surface area contributed by atoms with E-state index in [4.69, 9.17) is 4.98 Å². The maximum absolute atomic E-state index is 12.2. The second-order valence-corrected chi connectivity index (χ2v) is 7.69. The van der Waals surface area contributed by atoms with Crippen LogP contribution in [0.5, 0.6) is 0 Å². The Morgan fingerprint density at radius 2 is 1.93 bits per heavy atom. The lowest BCUT2D eigenvalue weighted by atomic mass is 10.1. The third-order valence-corrected chi connectivity index (χ3v) is 5.53. The first-order chi connectivity index (χ1) is 14.2. The molecule has 29 heavy (non-hydrogen) atoms. The van der Waals surface area contributed by atoms with Gasteiger partial charge in [0.25, 0.3) is 0 Å². The predicted octanol–water partition coefficient (Wildman–Crippen LogP) is 3.32. The Morgan fingerprint density at radius 3 is 2.83 bits per heavy atom. The summed E-state index contributed by atoms with van der Waals surface area (Å²) < 4.78 is 0. The van der Waals surface area contributed by atoms with E-state index in [1.165, 1.54) is 5.56 Å². The summed E-state index contributed by atoms with van der Waals surface area (Å²) in [6.07, 6.45) is 3.13. The number of aromatic nitrogens is 2. The van der Waals surface area contributed by atoms with E-state index < -0.39 is 0 Å². The molecule has 2 aromatic carbocycles. The molecule has 3 aromatic rings. The Morgan fingerprint density at radius 1 is 1.10 bits per heavy atom. The van der Waals surface area contributed by atoms with Crippen molar-refractivity contribution in [1.82, 2.24) is 14.9 Å². The Labute approximate surface area is 170 Å². The molecule has 0 bridgehead atoms. The zero-order chi connectivity index (χ0) is 19.6. The van der Waals surface area contributed by atoms with Crippen molar-refractivity contribution < 1.29 is 4.79 Å². The number of likely N-dealkylation sites (tertiary alicyclic amines) is 1. The molecule has 0 aliphatic carbocycles. The summed E-state index contributed by atoms with van der Waals surface area (Å²) in [6.45, 7) is 2.98. The van der Waals surface area contributed by atoms with Crippen molar-refractivity contribution in [3.63, 3.8) is 0 Å². The summed E-state index contributed by atoms with van der Waals surface area (Å²) in [5, 5.41) is 6.46. The van der Waals surface area contributed by atoms with Gasteiger partial charge in [-0.2, -0.15) is 0 Å². The molecular formula is C23H23N5O. The van der Waals surface area contributed by atoms with E-state index in [-0.39, 0.29) is 5.91 Å². The standard InChI is InChI=1S/C23H23N5O/c29-21-12-17-13-24-23(27-22(17)19-8-4-5-9-20(19)26-21)25-18-10-11-28(15-18)14-16-6-2-1-3-7-16/h1-9,13,18H,10-12,14-15H2,(H,26,29)(H,24,25,27). The fourth-order valence-corrected chi connectivity index (χ4v) is 4.12. The van der Waals surface area contributed by atoms with E-state index in [1.54, 1.807) is 6.20 Å². The fraction of sp³-hybridized carbons (Fsp3) is 0.261. The Kier molecular flexibility index (Phi) is 4.69. The summed E-state index contributed by atoms with van der Waals surface area (Å²) in [5.41, 5.74) is 4.76. The minimum absolute atomic E-state index is 0.0344. The number of anilines is 2. The van der Waals surface area contributed by atoms with Crippen LogP contribution in [0.3, 0.4) is 0 Å². The number of nitrogens with zero attached hydrogens (tertiary/aromatic N) is 3. The van der Waals surface area contributed by atoms with E-state index >= 15 is 0 Å². The molecule has 2 aliphatic heterocycles. The molecule has 1 amide bonds. The van der Waals surface area contributed by atoms with E-state index in [0.29, 0.717) is 18.4 Å². The summed E-state index contributed by atoms with van der Waals surface area (Å²) in [4.78, 5) is 23.9. The van der Waals surface area contributed by atoms with Crippen molar-refractivity contribution in [2.75, 3.05) is 23.7 Å². The maximum Gasteiger partial charge on any atom is 0.228 e. The number of carbonyl (C=O) groups is 1. The lowest BCUT2D eigenvalue weighted by Crippen LogP contribution is -2.26. The van der Waals surface area contributed by atoms with Gasteiger partial charge in [0, 0.05) is 43.0 Å². The Balaban J connectivity index is 1.33. The molecule has 6 nitrogen and oxygen atoms in total. The van der Waals surface area contributed by atoms with Crippen LogP contribution in [0.4, 0.5) is 11.6 Å². The molecule has 5 rings (SSSR count). The highest BCUT2D eigenvalue weighted by Crippen LogP contribution is 2.32. The van der Waals surface area contributed by atoms with Crippen LogP contribution in [0.25, 0.3) is 11.3 Å². The van der Waals surface area contributed by atoms with E-state index in [2.05, 4.69) is 50.8 Å². The number of amides is 1. The molecule has 2 N–H and O–H groups in total. The zero-order valence-corrected chi connectivity index (χ0v) is 16.1. The quantitative estimate of drug-likeness (QED) is 0.721. The number of rotatable bonds is 4. The third-order valence-electron chi connectivity index (χ3n) is 5.53. The monoisotopic (exact) mass is 385 g/mol. The molecule has 3 heterocycles. The molecule has 0 spiro atoms. The Hall–Kier alpha value is -3.25. The van der Waals surface area contributed by atoms with E-state index in [9.17, 15) is 4.79 Å². The van der Waals surface area contributed by atoms with Crippen molar-refractivity contribution in [2.45, 2.75) is 25.4 Å². The molecule has 2 aliphatic rings. The van der Waals surface area contributed by atoms with Crippen LogP contribution in [0.1, 0.15) is 17.5 Å². The molecule has 1 fully saturated rings. The van der Waals surface area contributed by atoms with Gasteiger partial charge in [-0.25, -0.2) is 9.97 Å². The molecule has 0 saturated carbocycles. The normalized spacial score (nSPS) is 18.5. The summed E-state index contributed by atoms with van der Waals surface area (Å²) >= 11 is 0. The van der Waals surface area contributed by atoms with Gasteiger partial charge in [0.05, 0.1) is 17.8 Å². The van der Waals surface area contributed by atoms with Gasteiger partial charge in [-0.15, -0.1) is 0 Å². The highest BCUT2D eigenvalue weighted by molar-refractivity contribution is 5.99. The van der Waals surface area contributed by atoms with Gasteiger partial charge in [-0.1, -0.05) is 48.5 Å². The number of benzene rings is 2. The minimum atomic E-state index is -0.0344. The summed E-state index contributed by atoms with van der Waals surface area (Å²) in [6, 6.07) is 18.7. The van der Waals surface area contributed by atoms with Gasteiger partial charge in [-0.05, 0) is 18.1 Å². The number of fused-ring (bicyclic) bond motifs is 3. The SMILES string of the molecule is O=C1Cc2cnc(NC3CCN(Cc4ccccc4)C3)nc2-c2ccccc2N1. The van der Waals surface area contributed by atoms with Gasteiger partial charge in [0.2, 0.25) is 11.9 Å². The van der Waals surface area contributed by atoms with E-state index in [0.717, 1.165) is 48.6 Å². The van der Waals surface area contributed by atoms with Crippen molar-refractivity contribution in [3.8, 4) is 11.3 Å². The smallest absolute Gasteiger partial charge is 0.228 e. The second kappa shape index (κ2) is 7.64. The third kappa shape index (κ3) is 3.84. The first-order valence-corrected chi connectivity index (χ1v) is 10.0. The van der Waals surface area contributed by atoms with Gasteiger partial charge in [-0.3, -0.25) is 9.69 Å². The van der Waals surface area contributed by atoms with Crippen LogP contribution in [0, 0.1) is 0 Å². The molecule has 1 aromatic heterocycles. The topological polar surface area (TPSA) is 70.2 Å². The molecule has 1 atom stereocenters. The average molecular weight is 385 g/mol. The number of hydrogen-bond donors (Lipinski definition) is 2. The van der Waals surface area contributed by atoms with Crippen LogP contribution >= 0.6 is 0 Å². The van der Waals surface area contributed by atoms with Gasteiger partial charge in [0.1, 0.15) is 0 Å². The molecule has 0 radical (unpaired) electrons. The van der Waals surface area contributed by atoms with Crippen molar-refractivity contribution in [3.05, 3.63) is 71.9 Å². The van der Waals surface area contributed by atoms with Gasteiger partial charge in [0.15, 0.2) is 0 Å². The number of para-hydroxylation sites is 1. The molecule has 1 unspecified atom stereocenters. The van der Waals surface area contributed by atoms with Gasteiger partial charge < -0.3 is 10.6 Å². The Bertz CT molecular complexity index is 1040. The molecular weight excluding hydrogens is 362 g/mol. The van der Waals surface area contributed by atoms with Gasteiger partial charge >= 0.3 is 0 Å². The lowest BCUT2D eigenvalue weighted by molar-refractivity contribution is -0.115. The molecule has 146 valence electrons. The molecule has 6 heteroatoms. The first-order valence-electron chi connectivity index (χ1n) is 10.0. The van der Waals surface area contributed by atoms with Crippen LogP contribution in [0.15, 0.2) is 60.8 Å². The summed E-state index contributed by atoms with van der Waals surface area (Å²) in [7, 11) is 0. The lowest BCUT2D eigenvalue weighted by Gasteiger charge is -2.17. The maximum atomic E-state index is 12.2. The first kappa shape index (κ1) is 17.8. The number of nitrogens with one attached hydrogen (secondary N) is 2. The second-order valence-electron chi connectivity index (χ2n) is 7.69. The highest BCUT2D eigenvalue weighted by Gasteiger charge is 2.25. The van der Waals surface area contributed by atoms with Crippen LogP contribution in [-0.4, -0.2) is 39.9 Å². The van der Waals surface area contributed by atoms with E-state index in [1.807, 2.05) is 24.3 Å². The van der Waals surface area contributed by atoms with Crippen LogP contribution in [0.2, 0.25) is 0 Å². The largest absolute Gasteiger partial charge is 0.350 e. The minimum Gasteiger partial charge on any atom is -0.350 e. The van der Waals surface area contributed by atoms with Crippen molar-refractivity contribution in [1.29, 1.82) is 0 Å². The van der Waals surface area contributed by atoms with Crippen LogP contribution < -0.4 is 10.6 Å². The number of carbonyl (C=O) groups excluding carboxylic acids is 1.